The van der Waals surface area contributed by atoms with Crippen LogP contribution in [0.1, 0.15) is 11.6 Å². The molecule has 5 rings (SSSR count). The molecule has 0 unspecified atom stereocenters. The van der Waals surface area contributed by atoms with Gasteiger partial charge in [0.15, 0.2) is 0 Å². The molecule has 0 aliphatic rings. The van der Waals surface area contributed by atoms with Crippen molar-refractivity contribution in [3.05, 3.63) is 87.3 Å². The molecule has 0 spiro atoms. The van der Waals surface area contributed by atoms with E-state index in [9.17, 15) is 9.59 Å². The molecule has 5 heterocycles. The number of nitrogens with zero attached hydrogens (tertiary/aromatic N) is 7. The molecule has 0 fully saturated rings. The molecule has 0 aliphatic heterocycles. The van der Waals surface area contributed by atoms with Gasteiger partial charge in [-0.1, -0.05) is 6.07 Å². The molecule has 0 N–H and O–H groups in total. The molecule has 0 aromatic carbocycles. The fraction of sp³-hybridized carbons (Fsp3) is 0.100. The molecule has 0 bridgehead atoms. The van der Waals surface area contributed by atoms with E-state index in [1.165, 1.54) is 9.24 Å². The van der Waals surface area contributed by atoms with Crippen molar-refractivity contribution < 1.29 is 0 Å². The fourth-order valence-electron chi connectivity index (χ4n) is 3.42. The number of pyridine rings is 4. The number of aromatic nitrogens is 7. The van der Waals surface area contributed by atoms with Crippen molar-refractivity contribution in [1.29, 1.82) is 0 Å². The highest BCUT2D eigenvalue weighted by Gasteiger charge is 2.13. The second-order valence-electron chi connectivity index (χ2n) is 6.60. The molecule has 0 aliphatic carbocycles. The monoisotopic (exact) mass is 385 g/mol. The largest absolute Gasteiger partial charge is 0.279 e. The van der Waals surface area contributed by atoms with Crippen LogP contribution in [0.25, 0.3) is 27.6 Å². The summed E-state index contributed by atoms with van der Waals surface area (Å²) in [4.78, 5) is 35.0. The van der Waals surface area contributed by atoms with Gasteiger partial charge in [-0.15, -0.1) is 10.2 Å². The van der Waals surface area contributed by atoms with Gasteiger partial charge in [0, 0.05) is 18.6 Å². The molecule has 5 aromatic heterocycles. The van der Waals surface area contributed by atoms with E-state index >= 15 is 0 Å². The number of rotatable bonds is 2. The van der Waals surface area contributed by atoms with Gasteiger partial charge in [-0.05, 0) is 44.2 Å². The summed E-state index contributed by atoms with van der Waals surface area (Å²) in [5.74, 6) is 1.66. The van der Waals surface area contributed by atoms with Gasteiger partial charge in [0.2, 0.25) is 0 Å². The maximum Gasteiger partial charge on any atom is 0.279 e. The lowest BCUT2D eigenvalue weighted by molar-refractivity contribution is 0.595. The topological polar surface area (TPSA) is 100 Å². The zero-order valence-corrected chi connectivity index (χ0v) is 15.6. The Balaban J connectivity index is 1.81. The Kier molecular flexibility index (Phi) is 3.63. The first-order valence-corrected chi connectivity index (χ1v) is 8.93. The van der Waals surface area contributed by atoms with Crippen molar-refractivity contribution in [2.24, 2.45) is 0 Å². The Bertz CT molecular complexity index is 1490. The minimum Gasteiger partial charge on any atom is -0.268 e. The first kappa shape index (κ1) is 17.0. The lowest BCUT2D eigenvalue weighted by atomic mass is 10.2. The number of fused-ring (bicyclic) bond motifs is 2. The van der Waals surface area contributed by atoms with Crippen molar-refractivity contribution in [2.45, 2.75) is 13.8 Å². The Morgan fingerprint density at radius 1 is 0.828 bits per heavy atom. The average molecular weight is 385 g/mol. The lowest BCUT2D eigenvalue weighted by Crippen LogP contribution is -2.28. The van der Waals surface area contributed by atoms with Crippen LogP contribution in [0.5, 0.6) is 0 Å². The van der Waals surface area contributed by atoms with Crippen LogP contribution in [-0.2, 0) is 0 Å². The van der Waals surface area contributed by atoms with Gasteiger partial charge < -0.3 is 0 Å². The standard InChI is InChI=1S/C20H15N7O2/c1-12-23-24-13(2)27(12)26-10-7-17-15(20(26)29)11-14-16(22-17)6-9-25(19(14)28)18-5-3-4-8-21-18/h3-11H,1-2H3. The summed E-state index contributed by atoms with van der Waals surface area (Å²) in [6.07, 6.45) is 4.88. The van der Waals surface area contributed by atoms with Crippen LogP contribution >= 0.6 is 0 Å². The molecule has 5 aromatic rings. The van der Waals surface area contributed by atoms with E-state index in [0.717, 1.165) is 0 Å². The molecule has 0 atom stereocenters. The number of hydrogen-bond donors (Lipinski definition) is 0. The molecule has 9 nitrogen and oxygen atoms in total. The third-order valence-corrected chi connectivity index (χ3v) is 4.79. The summed E-state index contributed by atoms with van der Waals surface area (Å²) in [7, 11) is 0. The van der Waals surface area contributed by atoms with Gasteiger partial charge in [0.1, 0.15) is 17.5 Å². The SMILES string of the molecule is Cc1nnc(C)n1-n1ccc2nc3ccn(-c4ccccn4)c(=O)c3cc2c1=O. The van der Waals surface area contributed by atoms with E-state index in [0.29, 0.717) is 39.3 Å². The summed E-state index contributed by atoms with van der Waals surface area (Å²) < 4.78 is 4.47. The second-order valence-corrected chi connectivity index (χ2v) is 6.60. The third kappa shape index (κ3) is 2.55. The van der Waals surface area contributed by atoms with Gasteiger partial charge in [-0.2, -0.15) is 0 Å². The van der Waals surface area contributed by atoms with E-state index in [2.05, 4.69) is 20.2 Å². The van der Waals surface area contributed by atoms with Gasteiger partial charge in [-0.25, -0.2) is 19.3 Å². The normalized spacial score (nSPS) is 11.4. The predicted molar refractivity (Wildman–Crippen MR) is 107 cm³/mol. The quantitative estimate of drug-likeness (QED) is 0.428. The van der Waals surface area contributed by atoms with Crippen molar-refractivity contribution in [3.8, 4) is 5.82 Å². The Hall–Kier alpha value is -4.14. The molecule has 29 heavy (non-hydrogen) atoms. The first-order chi connectivity index (χ1) is 14.0. The highest BCUT2D eigenvalue weighted by atomic mass is 16.1. The van der Waals surface area contributed by atoms with Crippen molar-refractivity contribution in [2.75, 3.05) is 0 Å². The predicted octanol–water partition coefficient (Wildman–Crippen LogP) is 1.62. The molecule has 142 valence electrons. The highest BCUT2D eigenvalue weighted by Crippen LogP contribution is 2.15. The number of hydrogen-bond acceptors (Lipinski definition) is 6. The van der Waals surface area contributed by atoms with Gasteiger partial charge in [0.05, 0.1) is 21.8 Å². The van der Waals surface area contributed by atoms with Crippen LogP contribution in [0.4, 0.5) is 0 Å². The molecule has 0 saturated carbocycles. The van der Waals surface area contributed by atoms with Crippen LogP contribution in [0.2, 0.25) is 0 Å². The summed E-state index contributed by atoms with van der Waals surface area (Å²) in [6, 6.07) is 10.4. The van der Waals surface area contributed by atoms with Gasteiger partial charge in [0.25, 0.3) is 11.1 Å². The van der Waals surface area contributed by atoms with E-state index < -0.39 is 0 Å². The van der Waals surface area contributed by atoms with Crippen molar-refractivity contribution in [3.63, 3.8) is 0 Å². The van der Waals surface area contributed by atoms with Crippen LogP contribution in [-0.4, -0.2) is 34.1 Å². The van der Waals surface area contributed by atoms with Crippen LogP contribution in [0, 0.1) is 13.8 Å². The Labute approximate surface area is 163 Å². The maximum absolute atomic E-state index is 13.2. The minimum atomic E-state index is -0.310. The maximum atomic E-state index is 13.2. The zero-order valence-electron chi connectivity index (χ0n) is 15.6. The molecule has 0 saturated heterocycles. The third-order valence-electron chi connectivity index (χ3n) is 4.79. The molecular weight excluding hydrogens is 370 g/mol. The molecular formula is C20H15N7O2. The Morgan fingerprint density at radius 2 is 1.52 bits per heavy atom. The van der Waals surface area contributed by atoms with E-state index in [4.69, 9.17) is 0 Å². The van der Waals surface area contributed by atoms with Gasteiger partial charge in [-0.3, -0.25) is 14.2 Å². The Morgan fingerprint density at radius 3 is 2.21 bits per heavy atom. The van der Waals surface area contributed by atoms with Crippen molar-refractivity contribution >= 4 is 21.8 Å². The number of aryl methyl sites for hydroxylation is 2. The van der Waals surface area contributed by atoms with E-state index in [1.807, 2.05) is 0 Å². The van der Waals surface area contributed by atoms with Crippen molar-refractivity contribution in [1.82, 2.24) is 34.1 Å². The molecule has 0 amide bonds. The smallest absolute Gasteiger partial charge is 0.268 e. The first-order valence-electron chi connectivity index (χ1n) is 8.93. The lowest BCUT2D eigenvalue weighted by Gasteiger charge is -2.11. The molecule has 0 radical (unpaired) electrons. The van der Waals surface area contributed by atoms with Crippen LogP contribution < -0.4 is 11.1 Å². The summed E-state index contributed by atoms with van der Waals surface area (Å²) in [6.45, 7) is 3.53. The zero-order chi connectivity index (χ0) is 20.1. The summed E-state index contributed by atoms with van der Waals surface area (Å²) in [5.41, 5.74) is 0.429. The highest BCUT2D eigenvalue weighted by molar-refractivity contribution is 5.91. The summed E-state index contributed by atoms with van der Waals surface area (Å²) >= 11 is 0. The van der Waals surface area contributed by atoms with Gasteiger partial charge >= 0.3 is 0 Å². The minimum absolute atomic E-state index is 0.290. The van der Waals surface area contributed by atoms with Crippen LogP contribution in [0.15, 0.2) is 64.6 Å². The van der Waals surface area contributed by atoms with E-state index in [1.54, 1.807) is 73.5 Å². The fourth-order valence-corrected chi connectivity index (χ4v) is 3.42. The van der Waals surface area contributed by atoms with E-state index in [-0.39, 0.29) is 11.1 Å². The molecule has 9 heteroatoms. The average Bonchev–Trinajstić information content (AvgIpc) is 3.07. The van der Waals surface area contributed by atoms with Crippen LogP contribution in [0.3, 0.4) is 0 Å². The second kappa shape index (κ2) is 6.20. The summed E-state index contributed by atoms with van der Waals surface area (Å²) in [5, 5.41) is 8.68.